The van der Waals surface area contributed by atoms with Gasteiger partial charge in [0.1, 0.15) is 0 Å². The molecule has 0 saturated carbocycles. The molecule has 0 fully saturated rings. The first-order valence-corrected chi connectivity index (χ1v) is 7.12. The largest absolute Gasteiger partial charge is 0.352 e. The summed E-state index contributed by atoms with van der Waals surface area (Å²) in [6.07, 6.45) is 1.90. The smallest absolute Gasteiger partial charge is 0.239 e. The summed E-state index contributed by atoms with van der Waals surface area (Å²) in [4.78, 5) is 15.7. The number of carbonyl (C=O) groups is 1. The molecule has 2 aromatic rings. The van der Waals surface area contributed by atoms with Gasteiger partial charge in [0.05, 0.1) is 13.1 Å². The molecule has 23 heavy (non-hydrogen) atoms. The molecule has 9 heteroatoms. The summed E-state index contributed by atoms with van der Waals surface area (Å²) in [6.45, 7) is 4.46. The first-order valence-electron chi connectivity index (χ1n) is 7.12. The van der Waals surface area contributed by atoms with E-state index in [1.54, 1.807) is 7.05 Å². The van der Waals surface area contributed by atoms with E-state index in [9.17, 15) is 4.79 Å². The third-order valence-electron chi connectivity index (χ3n) is 2.89. The number of hydrogen-bond acceptors (Lipinski definition) is 4. The quantitative estimate of drug-likeness (QED) is 0.365. The van der Waals surface area contributed by atoms with E-state index >= 15 is 0 Å². The van der Waals surface area contributed by atoms with Gasteiger partial charge >= 0.3 is 0 Å². The highest BCUT2D eigenvalue weighted by Crippen LogP contribution is 2.01. The Balaban J connectivity index is 0.00000264. The van der Waals surface area contributed by atoms with Crippen LogP contribution in [0.1, 0.15) is 19.7 Å². The number of nitrogens with one attached hydrogen (secondary N) is 3. The van der Waals surface area contributed by atoms with Crippen LogP contribution in [0.15, 0.2) is 29.4 Å². The average molecular weight is 431 g/mol. The molecule has 3 N–H and O–H groups in total. The number of guanidine groups is 1. The number of nitrogens with zero attached hydrogens (tertiary/aromatic N) is 4. The lowest BCUT2D eigenvalue weighted by atomic mass is 10.4. The van der Waals surface area contributed by atoms with E-state index in [2.05, 4.69) is 31.1 Å². The number of pyridine rings is 1. The summed E-state index contributed by atoms with van der Waals surface area (Å²) in [6, 6.07) is 5.84. The Bertz CT molecular complexity index is 668. The third-order valence-corrected chi connectivity index (χ3v) is 2.89. The molecule has 8 nitrogen and oxygen atoms in total. The normalized spacial score (nSPS) is 11.2. The van der Waals surface area contributed by atoms with E-state index in [-0.39, 0.29) is 42.5 Å². The Labute approximate surface area is 152 Å². The molecule has 0 saturated heterocycles. The van der Waals surface area contributed by atoms with Crippen LogP contribution in [-0.2, 0) is 11.3 Å². The Morgan fingerprint density at radius 1 is 1.30 bits per heavy atom. The van der Waals surface area contributed by atoms with Crippen LogP contribution < -0.4 is 16.0 Å². The third kappa shape index (κ3) is 5.66. The Hall–Kier alpha value is -1.91. The molecular weight excluding hydrogens is 409 g/mol. The predicted octanol–water partition coefficient (Wildman–Crippen LogP) is 0.537. The van der Waals surface area contributed by atoms with Crippen molar-refractivity contribution in [2.75, 3.05) is 13.6 Å². The van der Waals surface area contributed by atoms with Crippen LogP contribution in [0.25, 0.3) is 5.65 Å². The first-order chi connectivity index (χ1) is 10.6. The van der Waals surface area contributed by atoms with E-state index in [1.165, 1.54) is 0 Å². The molecule has 0 bridgehead atoms. The monoisotopic (exact) mass is 431 g/mol. The van der Waals surface area contributed by atoms with Crippen molar-refractivity contribution in [3.8, 4) is 0 Å². The fourth-order valence-corrected chi connectivity index (χ4v) is 1.93. The van der Waals surface area contributed by atoms with E-state index in [0.717, 1.165) is 11.5 Å². The zero-order valence-corrected chi connectivity index (χ0v) is 15.7. The van der Waals surface area contributed by atoms with E-state index in [4.69, 9.17) is 0 Å². The standard InChI is InChI=1S/C14H21N7O.HI/c1-10(2)18-13(22)9-17-14(15-3)16-8-12-20-19-11-6-4-5-7-21(11)12;/h4-7,10H,8-9H2,1-3H3,(H,18,22)(H2,15,16,17);1H. The molecule has 2 aromatic heterocycles. The van der Waals surface area contributed by atoms with Gasteiger partial charge in [-0.05, 0) is 26.0 Å². The average Bonchev–Trinajstić information content (AvgIpc) is 2.90. The fourth-order valence-electron chi connectivity index (χ4n) is 1.93. The van der Waals surface area contributed by atoms with Crippen molar-refractivity contribution >= 4 is 41.5 Å². The molecule has 1 amide bonds. The Kier molecular flexibility index (Phi) is 7.72. The van der Waals surface area contributed by atoms with Gasteiger partial charge < -0.3 is 16.0 Å². The lowest BCUT2D eigenvalue weighted by Crippen LogP contribution is -2.44. The highest BCUT2D eigenvalue weighted by Gasteiger charge is 2.07. The maximum Gasteiger partial charge on any atom is 0.239 e. The van der Waals surface area contributed by atoms with Crippen molar-refractivity contribution in [3.63, 3.8) is 0 Å². The van der Waals surface area contributed by atoms with Crippen LogP contribution in [0.2, 0.25) is 0 Å². The topological polar surface area (TPSA) is 95.7 Å². The molecule has 0 spiro atoms. The SMILES string of the molecule is CN=C(NCC(=O)NC(C)C)NCc1nnc2ccccn12.I. The zero-order chi connectivity index (χ0) is 15.9. The molecule has 0 aromatic carbocycles. The first kappa shape index (κ1) is 19.1. The predicted molar refractivity (Wildman–Crippen MR) is 99.9 cm³/mol. The van der Waals surface area contributed by atoms with E-state index in [0.29, 0.717) is 12.5 Å². The summed E-state index contributed by atoms with van der Waals surface area (Å²) >= 11 is 0. The van der Waals surface area contributed by atoms with E-state index < -0.39 is 0 Å². The van der Waals surface area contributed by atoms with Crippen LogP contribution in [0.5, 0.6) is 0 Å². The number of carbonyl (C=O) groups excluding carboxylic acids is 1. The van der Waals surface area contributed by atoms with Gasteiger partial charge in [-0.1, -0.05) is 6.07 Å². The minimum atomic E-state index is -0.0779. The van der Waals surface area contributed by atoms with Crippen molar-refractivity contribution in [2.24, 2.45) is 4.99 Å². The van der Waals surface area contributed by atoms with Gasteiger partial charge in [-0.15, -0.1) is 34.2 Å². The van der Waals surface area contributed by atoms with Gasteiger partial charge in [0.15, 0.2) is 17.4 Å². The number of rotatable bonds is 5. The summed E-state index contributed by atoms with van der Waals surface area (Å²) in [5.74, 6) is 1.22. The molecule has 0 radical (unpaired) electrons. The van der Waals surface area contributed by atoms with Crippen LogP contribution in [-0.4, -0.2) is 46.1 Å². The number of fused-ring (bicyclic) bond motifs is 1. The Morgan fingerprint density at radius 2 is 2.09 bits per heavy atom. The molecule has 0 atom stereocenters. The maximum atomic E-state index is 11.6. The molecule has 0 aliphatic carbocycles. The molecule has 0 aliphatic rings. The molecule has 2 rings (SSSR count). The van der Waals surface area contributed by atoms with Crippen molar-refractivity contribution in [3.05, 3.63) is 30.2 Å². The second-order valence-corrected chi connectivity index (χ2v) is 5.05. The van der Waals surface area contributed by atoms with Gasteiger partial charge in [-0.25, -0.2) is 0 Å². The van der Waals surface area contributed by atoms with Crippen LogP contribution in [0.3, 0.4) is 0 Å². The molecule has 126 valence electrons. The summed E-state index contributed by atoms with van der Waals surface area (Å²) in [5.41, 5.74) is 0.790. The maximum absolute atomic E-state index is 11.6. The van der Waals surface area contributed by atoms with Gasteiger partial charge in [0.2, 0.25) is 5.91 Å². The zero-order valence-electron chi connectivity index (χ0n) is 13.4. The van der Waals surface area contributed by atoms with E-state index in [1.807, 2.05) is 42.6 Å². The number of amides is 1. The van der Waals surface area contributed by atoms with Gasteiger partial charge in [-0.3, -0.25) is 14.2 Å². The lowest BCUT2D eigenvalue weighted by Gasteiger charge is -2.12. The van der Waals surface area contributed by atoms with Crippen LogP contribution in [0.4, 0.5) is 0 Å². The number of aromatic nitrogens is 3. The second kappa shape index (κ2) is 9.28. The van der Waals surface area contributed by atoms with Gasteiger partial charge in [0, 0.05) is 19.3 Å². The molecular formula is C14H22IN7O. The number of hydrogen-bond donors (Lipinski definition) is 3. The van der Waals surface area contributed by atoms with Crippen LogP contribution >= 0.6 is 24.0 Å². The number of aliphatic imine (C=N–C) groups is 1. The fraction of sp³-hybridized carbons (Fsp3) is 0.429. The van der Waals surface area contributed by atoms with Crippen molar-refractivity contribution in [2.45, 2.75) is 26.4 Å². The number of halogens is 1. The summed E-state index contributed by atoms with van der Waals surface area (Å²) in [5, 5.41) is 17.1. The highest BCUT2D eigenvalue weighted by atomic mass is 127. The van der Waals surface area contributed by atoms with Crippen molar-refractivity contribution in [1.29, 1.82) is 0 Å². The van der Waals surface area contributed by atoms with Gasteiger partial charge in [-0.2, -0.15) is 0 Å². The van der Waals surface area contributed by atoms with Crippen molar-refractivity contribution < 1.29 is 4.79 Å². The van der Waals surface area contributed by atoms with Gasteiger partial charge in [0.25, 0.3) is 0 Å². The Morgan fingerprint density at radius 3 is 2.78 bits per heavy atom. The minimum Gasteiger partial charge on any atom is -0.352 e. The molecule has 0 unspecified atom stereocenters. The molecule has 0 aliphatic heterocycles. The lowest BCUT2D eigenvalue weighted by molar-refractivity contribution is -0.120. The van der Waals surface area contributed by atoms with Crippen molar-refractivity contribution in [1.82, 2.24) is 30.5 Å². The summed E-state index contributed by atoms with van der Waals surface area (Å²) < 4.78 is 1.89. The summed E-state index contributed by atoms with van der Waals surface area (Å²) in [7, 11) is 1.65. The highest BCUT2D eigenvalue weighted by molar-refractivity contribution is 14.0. The molecule has 2 heterocycles. The minimum absolute atomic E-state index is 0. The second-order valence-electron chi connectivity index (χ2n) is 5.05. The van der Waals surface area contributed by atoms with Crippen LogP contribution in [0, 0.1) is 0 Å².